The number of likely N-dealkylation sites (tertiary alicyclic amines) is 1. The zero-order valence-electron chi connectivity index (χ0n) is 19.5. The van der Waals surface area contributed by atoms with Crippen molar-refractivity contribution < 1.29 is 27.5 Å². The van der Waals surface area contributed by atoms with Crippen LogP contribution in [0.2, 0.25) is 10.0 Å². The van der Waals surface area contributed by atoms with Crippen molar-refractivity contribution in [1.82, 2.24) is 9.47 Å². The second kappa shape index (κ2) is 8.84. The summed E-state index contributed by atoms with van der Waals surface area (Å²) in [7, 11) is 3.11. The Bertz CT molecular complexity index is 1360. The fourth-order valence-electron chi connectivity index (χ4n) is 4.48. The molecule has 0 saturated carbocycles. The van der Waals surface area contributed by atoms with Gasteiger partial charge in [0.2, 0.25) is 0 Å². The van der Waals surface area contributed by atoms with Gasteiger partial charge in [0.15, 0.2) is 11.4 Å². The standard InChI is InChI=1S/C25H23Cl2F3N2O3/c1-13-7-15(25(28,29)30)8-21-18(13)9-16(31(21)3)10-19-20(26)6-5-17(22(19)27)23(34)32-11-24(12-32,35-4)14(2)33/h5-9H,10-12H2,1-4H3. The molecule has 2 aromatic carbocycles. The number of nitrogens with zero attached hydrogens (tertiary/aromatic N) is 2. The number of methoxy groups -OCH3 is 1. The van der Waals surface area contributed by atoms with Gasteiger partial charge in [0.05, 0.1) is 29.2 Å². The summed E-state index contributed by atoms with van der Waals surface area (Å²) < 4.78 is 46.9. The lowest BCUT2D eigenvalue weighted by molar-refractivity contribution is -0.156. The summed E-state index contributed by atoms with van der Waals surface area (Å²) in [5.41, 5.74) is 0.627. The van der Waals surface area contributed by atoms with Gasteiger partial charge < -0.3 is 14.2 Å². The van der Waals surface area contributed by atoms with Crippen LogP contribution in [0, 0.1) is 6.92 Å². The number of rotatable bonds is 5. The Kier molecular flexibility index (Phi) is 6.45. The van der Waals surface area contributed by atoms with Gasteiger partial charge in [-0.25, -0.2) is 0 Å². The molecule has 0 N–H and O–H groups in total. The number of ether oxygens (including phenoxy) is 1. The molecule has 10 heteroatoms. The summed E-state index contributed by atoms with van der Waals surface area (Å²) in [5, 5.41) is 1.19. The number of carbonyl (C=O) groups excluding carboxylic acids is 2. The van der Waals surface area contributed by atoms with Gasteiger partial charge in [-0.05, 0) is 55.3 Å². The van der Waals surface area contributed by atoms with E-state index < -0.39 is 17.3 Å². The lowest BCUT2D eigenvalue weighted by Gasteiger charge is -2.47. The highest BCUT2D eigenvalue weighted by atomic mass is 35.5. The minimum absolute atomic E-state index is 0.121. The summed E-state index contributed by atoms with van der Waals surface area (Å²) in [4.78, 5) is 26.5. The number of Topliss-reactive ketones (excluding diaryl/α,β-unsaturated/α-hetero) is 1. The molecule has 1 saturated heterocycles. The number of hydrogen-bond acceptors (Lipinski definition) is 3. The minimum Gasteiger partial charge on any atom is -0.367 e. The third-order valence-electron chi connectivity index (χ3n) is 6.78. The van der Waals surface area contributed by atoms with Crippen molar-refractivity contribution in [2.45, 2.75) is 32.0 Å². The van der Waals surface area contributed by atoms with E-state index in [0.717, 1.165) is 12.1 Å². The van der Waals surface area contributed by atoms with Gasteiger partial charge in [0.25, 0.3) is 5.91 Å². The van der Waals surface area contributed by atoms with Crippen LogP contribution in [0.1, 0.15) is 39.7 Å². The van der Waals surface area contributed by atoms with Crippen molar-refractivity contribution in [2.24, 2.45) is 7.05 Å². The highest BCUT2D eigenvalue weighted by Gasteiger charge is 2.49. The maximum Gasteiger partial charge on any atom is 0.416 e. The molecule has 0 atom stereocenters. The number of carbonyl (C=O) groups is 2. The molecule has 0 spiro atoms. The van der Waals surface area contributed by atoms with Crippen molar-refractivity contribution in [1.29, 1.82) is 0 Å². The van der Waals surface area contributed by atoms with Crippen LogP contribution >= 0.6 is 23.2 Å². The van der Waals surface area contributed by atoms with E-state index in [1.807, 2.05) is 0 Å². The third-order valence-corrected chi connectivity index (χ3v) is 7.57. The number of fused-ring (bicyclic) bond motifs is 1. The molecule has 1 amide bonds. The molecular weight excluding hydrogens is 504 g/mol. The van der Waals surface area contributed by atoms with Gasteiger partial charge in [-0.3, -0.25) is 9.59 Å². The number of alkyl halides is 3. The maximum atomic E-state index is 13.3. The van der Waals surface area contributed by atoms with Crippen molar-refractivity contribution in [3.8, 4) is 0 Å². The topological polar surface area (TPSA) is 51.5 Å². The number of benzene rings is 2. The molecule has 4 rings (SSSR count). The Morgan fingerprint density at radius 1 is 1.14 bits per heavy atom. The van der Waals surface area contributed by atoms with Crippen molar-refractivity contribution in [3.63, 3.8) is 0 Å². The second-order valence-electron chi connectivity index (χ2n) is 8.90. The molecule has 1 aromatic heterocycles. The first-order valence-corrected chi connectivity index (χ1v) is 11.5. The van der Waals surface area contributed by atoms with E-state index in [-0.39, 0.29) is 41.8 Å². The van der Waals surface area contributed by atoms with Crippen molar-refractivity contribution in [3.05, 3.63) is 68.3 Å². The zero-order chi connectivity index (χ0) is 25.9. The van der Waals surface area contributed by atoms with E-state index in [1.54, 1.807) is 30.7 Å². The van der Waals surface area contributed by atoms with E-state index in [9.17, 15) is 22.8 Å². The van der Waals surface area contributed by atoms with E-state index in [2.05, 4.69) is 0 Å². The normalized spacial score (nSPS) is 15.4. The number of aromatic nitrogens is 1. The first-order chi connectivity index (χ1) is 16.3. The van der Waals surface area contributed by atoms with Crippen LogP contribution in [-0.2, 0) is 29.2 Å². The molecule has 0 unspecified atom stereocenters. The van der Waals surface area contributed by atoms with E-state index in [4.69, 9.17) is 27.9 Å². The predicted molar refractivity (Wildman–Crippen MR) is 128 cm³/mol. The van der Waals surface area contributed by atoms with E-state index in [1.165, 1.54) is 25.0 Å². The molecule has 0 radical (unpaired) electrons. The molecule has 186 valence electrons. The quantitative estimate of drug-likeness (QED) is 0.420. The monoisotopic (exact) mass is 526 g/mol. The summed E-state index contributed by atoms with van der Waals surface area (Å²) in [6.45, 7) is 3.29. The van der Waals surface area contributed by atoms with Gasteiger partial charge in [-0.15, -0.1) is 0 Å². The van der Waals surface area contributed by atoms with Crippen LogP contribution in [0.25, 0.3) is 10.9 Å². The van der Waals surface area contributed by atoms with Crippen molar-refractivity contribution >= 4 is 45.8 Å². The SMILES string of the molecule is COC1(C(C)=O)CN(C(=O)c2ccc(Cl)c(Cc3cc4c(C)cc(C(F)(F)F)cc4n3C)c2Cl)C1. The number of amides is 1. The minimum atomic E-state index is -4.45. The Labute approximate surface area is 210 Å². The number of halogens is 5. The lowest BCUT2D eigenvalue weighted by Crippen LogP contribution is -2.67. The fourth-order valence-corrected chi connectivity index (χ4v) is 5.07. The molecular formula is C25H23Cl2F3N2O3. The Balaban J connectivity index is 1.68. The van der Waals surface area contributed by atoms with Crippen molar-refractivity contribution in [2.75, 3.05) is 20.2 Å². The first-order valence-electron chi connectivity index (χ1n) is 10.8. The van der Waals surface area contributed by atoms with Gasteiger partial charge >= 0.3 is 6.18 Å². The molecule has 3 aromatic rings. The molecule has 5 nitrogen and oxygen atoms in total. The highest BCUT2D eigenvalue weighted by Crippen LogP contribution is 2.37. The smallest absolute Gasteiger partial charge is 0.367 e. The number of hydrogen-bond donors (Lipinski definition) is 0. The maximum absolute atomic E-state index is 13.3. The van der Waals surface area contributed by atoms with Crippen LogP contribution in [0.5, 0.6) is 0 Å². The average molecular weight is 527 g/mol. The molecule has 0 aliphatic carbocycles. The Morgan fingerprint density at radius 2 is 1.80 bits per heavy atom. The molecule has 1 fully saturated rings. The predicted octanol–water partition coefficient (Wildman–Crippen LogP) is 5.83. The van der Waals surface area contributed by atoms with Gasteiger partial charge in [-0.2, -0.15) is 13.2 Å². The van der Waals surface area contributed by atoms with E-state index in [0.29, 0.717) is 32.7 Å². The Hall–Kier alpha value is -2.55. The van der Waals surface area contributed by atoms with Gasteiger partial charge in [-0.1, -0.05) is 23.2 Å². The number of ketones is 1. The summed E-state index contributed by atoms with van der Waals surface area (Å²) >= 11 is 13.1. The Morgan fingerprint density at radius 3 is 2.37 bits per heavy atom. The number of aryl methyl sites for hydroxylation is 2. The molecule has 1 aliphatic rings. The average Bonchev–Trinajstić information content (AvgIpc) is 3.06. The molecule has 0 bridgehead atoms. The largest absolute Gasteiger partial charge is 0.416 e. The molecule has 35 heavy (non-hydrogen) atoms. The summed E-state index contributed by atoms with van der Waals surface area (Å²) in [6.07, 6.45) is -4.25. The van der Waals surface area contributed by atoms with Gasteiger partial charge in [0, 0.05) is 42.2 Å². The lowest BCUT2D eigenvalue weighted by atomic mass is 9.89. The third kappa shape index (κ3) is 4.32. The zero-order valence-corrected chi connectivity index (χ0v) is 21.0. The second-order valence-corrected chi connectivity index (χ2v) is 9.68. The van der Waals surface area contributed by atoms with Crippen LogP contribution in [0.4, 0.5) is 13.2 Å². The molecule has 1 aliphatic heterocycles. The summed E-state index contributed by atoms with van der Waals surface area (Å²) in [6, 6.07) is 7.15. The first kappa shape index (κ1) is 25.5. The van der Waals surface area contributed by atoms with Crippen LogP contribution in [0.3, 0.4) is 0 Å². The summed E-state index contributed by atoms with van der Waals surface area (Å²) in [5.74, 6) is -0.517. The van der Waals surface area contributed by atoms with Crippen LogP contribution in [0.15, 0.2) is 30.3 Å². The fraction of sp³-hybridized carbons (Fsp3) is 0.360. The highest BCUT2D eigenvalue weighted by molar-refractivity contribution is 6.38. The van der Waals surface area contributed by atoms with Crippen LogP contribution < -0.4 is 0 Å². The van der Waals surface area contributed by atoms with E-state index >= 15 is 0 Å². The van der Waals surface area contributed by atoms with Gasteiger partial charge in [0.1, 0.15) is 0 Å². The van der Waals surface area contributed by atoms with Crippen LogP contribution in [-0.4, -0.2) is 47.0 Å². The molecule has 2 heterocycles.